The molecule has 0 radical (unpaired) electrons. The van der Waals surface area contributed by atoms with E-state index >= 15 is 4.79 Å². The SMILES string of the molecule is CN(C(=O)c1cc(-c2cc3c(cc2C(=O)N2Cc4ccccc4C[C@H]2CN2CCOCC2)CN(C(=O)Oc2ccccc2)CC3)n2ccccc12)c1ccc(O)cc1. The summed E-state index contributed by atoms with van der Waals surface area (Å²) in [6.45, 7) is 4.88. The summed E-state index contributed by atoms with van der Waals surface area (Å²) in [4.78, 5) is 50.8. The van der Waals surface area contributed by atoms with Crippen molar-refractivity contribution in [2.45, 2.75) is 32.0 Å². The second kappa shape index (κ2) is 15.8. The van der Waals surface area contributed by atoms with Crippen LogP contribution < -0.4 is 9.64 Å². The van der Waals surface area contributed by atoms with Crippen LogP contribution in [0.2, 0.25) is 0 Å². The Balaban J connectivity index is 1.14. The number of benzene rings is 4. The Hall–Kier alpha value is -6.43. The van der Waals surface area contributed by atoms with Gasteiger partial charge in [0.2, 0.25) is 0 Å². The van der Waals surface area contributed by atoms with E-state index in [1.807, 2.05) is 70.1 Å². The van der Waals surface area contributed by atoms with Gasteiger partial charge in [-0.2, -0.15) is 0 Å². The molecule has 294 valence electrons. The number of morpholine rings is 1. The molecule has 3 amide bonds. The average Bonchev–Trinajstić information content (AvgIpc) is 3.65. The van der Waals surface area contributed by atoms with Crippen LogP contribution in [-0.2, 0) is 30.7 Å². The van der Waals surface area contributed by atoms with E-state index in [4.69, 9.17) is 9.47 Å². The van der Waals surface area contributed by atoms with E-state index in [-0.39, 0.29) is 30.2 Å². The number of phenolic OH excluding ortho intramolecular Hbond substituents is 1. The van der Waals surface area contributed by atoms with Crippen LogP contribution in [0.1, 0.15) is 43.0 Å². The maximum Gasteiger partial charge on any atom is 0.415 e. The fourth-order valence-corrected chi connectivity index (χ4v) is 8.54. The van der Waals surface area contributed by atoms with Crippen molar-refractivity contribution in [3.63, 3.8) is 0 Å². The van der Waals surface area contributed by atoms with Gasteiger partial charge < -0.3 is 33.7 Å². The molecule has 1 saturated heterocycles. The van der Waals surface area contributed by atoms with Gasteiger partial charge in [0, 0.05) is 75.4 Å². The molecule has 6 aromatic rings. The molecule has 3 aliphatic heterocycles. The molecule has 1 atom stereocenters. The van der Waals surface area contributed by atoms with Crippen LogP contribution in [0.5, 0.6) is 11.5 Å². The van der Waals surface area contributed by atoms with Crippen LogP contribution in [0, 0.1) is 0 Å². The van der Waals surface area contributed by atoms with Crippen molar-refractivity contribution in [3.8, 4) is 22.8 Å². The van der Waals surface area contributed by atoms with Crippen molar-refractivity contribution in [3.05, 3.63) is 155 Å². The molecule has 5 heterocycles. The van der Waals surface area contributed by atoms with Gasteiger partial charge in [-0.05, 0) is 102 Å². The standard InChI is InChI=1S/C47H45N5O6/c1-48(36-14-16-38(53)17-15-36)45(54)42-28-44(51-19-8-7-13-43(42)51)40-26-33-18-20-50(47(56)58-39-11-3-2-4-12-39)29-35(33)27-41(40)46(55)52-30-34-10-6-5-9-32(34)25-37(52)31-49-21-23-57-24-22-49/h2-17,19,26-28,37,53H,18,20-25,29-31H2,1H3/t37-/m0/s1. The highest BCUT2D eigenvalue weighted by molar-refractivity contribution is 6.12. The molecule has 9 rings (SSSR count). The number of phenols is 1. The molecule has 0 spiro atoms. The molecule has 3 aliphatic rings. The van der Waals surface area contributed by atoms with Crippen LogP contribution in [0.3, 0.4) is 0 Å². The lowest BCUT2D eigenvalue weighted by molar-refractivity contribution is 0.0193. The monoisotopic (exact) mass is 775 g/mol. The van der Waals surface area contributed by atoms with E-state index in [9.17, 15) is 14.7 Å². The largest absolute Gasteiger partial charge is 0.508 e. The molecule has 1 N–H and O–H groups in total. The topological polar surface area (TPSA) is 107 Å². The number of carbonyl (C=O) groups excluding carboxylic acids is 3. The molecule has 0 saturated carbocycles. The zero-order chi connectivity index (χ0) is 39.8. The van der Waals surface area contributed by atoms with Crippen LogP contribution in [-0.4, -0.2) is 94.6 Å². The third-order valence-electron chi connectivity index (χ3n) is 11.7. The summed E-state index contributed by atoms with van der Waals surface area (Å²) in [5, 5.41) is 9.89. The number of hydrogen-bond acceptors (Lipinski definition) is 7. The van der Waals surface area contributed by atoms with E-state index in [1.165, 1.54) is 5.56 Å². The summed E-state index contributed by atoms with van der Waals surface area (Å²) in [7, 11) is 1.71. The number of nitrogens with zero attached hydrogens (tertiary/aromatic N) is 5. The third-order valence-corrected chi connectivity index (χ3v) is 11.7. The smallest absolute Gasteiger partial charge is 0.415 e. The maximum atomic E-state index is 15.5. The highest BCUT2D eigenvalue weighted by Crippen LogP contribution is 2.37. The summed E-state index contributed by atoms with van der Waals surface area (Å²) in [5.41, 5.74) is 8.07. The Kier molecular flexibility index (Phi) is 10.1. The van der Waals surface area contributed by atoms with Gasteiger partial charge in [0.15, 0.2) is 0 Å². The number of pyridine rings is 1. The Morgan fingerprint density at radius 2 is 1.52 bits per heavy atom. The quantitative estimate of drug-likeness (QED) is 0.185. The summed E-state index contributed by atoms with van der Waals surface area (Å²) in [6, 6.07) is 35.5. The highest BCUT2D eigenvalue weighted by Gasteiger charge is 2.35. The first-order valence-corrected chi connectivity index (χ1v) is 19.8. The molecule has 11 nitrogen and oxygen atoms in total. The first-order chi connectivity index (χ1) is 28.3. The van der Waals surface area contributed by atoms with Crippen molar-refractivity contribution >= 4 is 29.1 Å². The van der Waals surface area contributed by atoms with Crippen LogP contribution in [0.4, 0.5) is 10.5 Å². The predicted molar refractivity (Wildman–Crippen MR) is 221 cm³/mol. The summed E-state index contributed by atoms with van der Waals surface area (Å²) in [5.74, 6) is 0.265. The lowest BCUT2D eigenvalue weighted by atomic mass is 9.89. The first kappa shape index (κ1) is 37.2. The summed E-state index contributed by atoms with van der Waals surface area (Å²) < 4.78 is 13.4. The van der Waals surface area contributed by atoms with Gasteiger partial charge in [0.1, 0.15) is 11.5 Å². The Bertz CT molecular complexity index is 2490. The van der Waals surface area contributed by atoms with Gasteiger partial charge in [-0.3, -0.25) is 14.5 Å². The second-order valence-corrected chi connectivity index (χ2v) is 15.3. The Labute approximate surface area is 337 Å². The van der Waals surface area contributed by atoms with Gasteiger partial charge in [-0.15, -0.1) is 0 Å². The number of para-hydroxylation sites is 1. The average molecular weight is 776 g/mol. The lowest BCUT2D eigenvalue weighted by Crippen LogP contribution is -2.52. The zero-order valence-electron chi connectivity index (χ0n) is 32.4. The number of carbonyl (C=O) groups is 3. The maximum absolute atomic E-state index is 15.5. The van der Waals surface area contributed by atoms with Crippen molar-refractivity contribution in [2.24, 2.45) is 0 Å². The number of amides is 3. The summed E-state index contributed by atoms with van der Waals surface area (Å²) >= 11 is 0. The number of rotatable bonds is 7. The number of hydrogen-bond donors (Lipinski definition) is 1. The van der Waals surface area contributed by atoms with Crippen LogP contribution in [0.25, 0.3) is 16.8 Å². The number of fused-ring (bicyclic) bond motifs is 3. The van der Waals surface area contributed by atoms with Gasteiger partial charge in [0.25, 0.3) is 11.8 Å². The van der Waals surface area contributed by atoms with Crippen molar-refractivity contribution in [1.82, 2.24) is 19.1 Å². The van der Waals surface area contributed by atoms with Gasteiger partial charge in [0.05, 0.1) is 30.0 Å². The molecule has 0 bridgehead atoms. The van der Waals surface area contributed by atoms with E-state index in [2.05, 4.69) is 29.2 Å². The highest BCUT2D eigenvalue weighted by atomic mass is 16.6. The minimum Gasteiger partial charge on any atom is -0.508 e. The normalized spacial score (nSPS) is 16.7. The molecule has 0 aliphatic carbocycles. The first-order valence-electron chi connectivity index (χ1n) is 19.8. The molecule has 0 unspecified atom stereocenters. The minimum atomic E-state index is -0.439. The van der Waals surface area contributed by atoms with E-state index in [0.717, 1.165) is 54.0 Å². The third kappa shape index (κ3) is 7.30. The van der Waals surface area contributed by atoms with Crippen molar-refractivity contribution in [1.29, 1.82) is 0 Å². The molecular weight excluding hydrogens is 731 g/mol. The Morgan fingerprint density at radius 3 is 2.31 bits per heavy atom. The zero-order valence-corrected chi connectivity index (χ0v) is 32.4. The van der Waals surface area contributed by atoms with Crippen molar-refractivity contribution < 1.29 is 29.0 Å². The molecule has 58 heavy (non-hydrogen) atoms. The van der Waals surface area contributed by atoms with E-state index < -0.39 is 6.09 Å². The van der Waals surface area contributed by atoms with Crippen LogP contribution in [0.15, 0.2) is 121 Å². The fraction of sp³-hybridized carbons (Fsp3) is 0.255. The lowest BCUT2D eigenvalue weighted by Gasteiger charge is -2.41. The second-order valence-electron chi connectivity index (χ2n) is 15.3. The number of anilines is 1. The van der Waals surface area contributed by atoms with E-state index in [0.29, 0.717) is 60.8 Å². The summed E-state index contributed by atoms with van der Waals surface area (Å²) in [6.07, 6.45) is 2.78. The molecule has 2 aromatic heterocycles. The van der Waals surface area contributed by atoms with E-state index in [1.54, 1.807) is 53.2 Å². The number of aromatic nitrogens is 1. The molecule has 4 aromatic carbocycles. The van der Waals surface area contributed by atoms with Crippen LogP contribution >= 0.6 is 0 Å². The minimum absolute atomic E-state index is 0.0816. The molecule has 11 heteroatoms. The Morgan fingerprint density at radius 1 is 0.776 bits per heavy atom. The van der Waals surface area contributed by atoms with Gasteiger partial charge in [-0.25, -0.2) is 4.79 Å². The van der Waals surface area contributed by atoms with Gasteiger partial charge >= 0.3 is 6.09 Å². The number of aromatic hydroxyl groups is 1. The molecular formula is C47H45N5O6. The predicted octanol–water partition coefficient (Wildman–Crippen LogP) is 7.04. The van der Waals surface area contributed by atoms with Gasteiger partial charge in [-0.1, -0.05) is 48.5 Å². The molecule has 1 fully saturated rings. The fourth-order valence-electron chi connectivity index (χ4n) is 8.54. The number of ether oxygens (including phenoxy) is 2. The van der Waals surface area contributed by atoms with Crippen molar-refractivity contribution in [2.75, 3.05) is 51.3 Å².